The average Bonchev–Trinajstić information content (AvgIpc) is 2.72. The lowest BCUT2D eigenvalue weighted by atomic mass is 10.0. The van der Waals surface area contributed by atoms with Crippen molar-refractivity contribution in [2.45, 2.75) is 65.1 Å². The normalized spacial score (nSPS) is 12.2. The van der Waals surface area contributed by atoms with Crippen molar-refractivity contribution in [3.63, 3.8) is 0 Å². The first-order valence-electron chi connectivity index (χ1n) is 10.7. The summed E-state index contributed by atoms with van der Waals surface area (Å²) < 4.78 is 5.70. The van der Waals surface area contributed by atoms with E-state index in [1.54, 1.807) is 17.0 Å². The highest BCUT2D eigenvalue weighted by Crippen LogP contribution is 2.18. The predicted molar refractivity (Wildman–Crippen MR) is 125 cm³/mol. The van der Waals surface area contributed by atoms with Crippen molar-refractivity contribution in [3.8, 4) is 5.75 Å². The van der Waals surface area contributed by atoms with Gasteiger partial charge in [0.05, 0.1) is 6.61 Å². The second kappa shape index (κ2) is 11.8. The SMILES string of the molecule is CC[C@H](C(=O)NC(C)(C)C)N(Cc1ccc(Cl)cc1)C(=O)CCCOc1ccccc1. The van der Waals surface area contributed by atoms with Gasteiger partial charge in [0.2, 0.25) is 11.8 Å². The van der Waals surface area contributed by atoms with Crippen LogP contribution in [-0.2, 0) is 16.1 Å². The fourth-order valence-corrected chi connectivity index (χ4v) is 3.36. The van der Waals surface area contributed by atoms with E-state index >= 15 is 0 Å². The number of carbonyl (C=O) groups excluding carboxylic acids is 2. The maximum absolute atomic E-state index is 13.2. The van der Waals surface area contributed by atoms with Gasteiger partial charge in [0.1, 0.15) is 11.8 Å². The van der Waals surface area contributed by atoms with Gasteiger partial charge in [-0.05, 0) is 63.4 Å². The molecular formula is C25H33ClN2O3. The Hall–Kier alpha value is -2.53. The first-order valence-corrected chi connectivity index (χ1v) is 11.1. The molecule has 2 aromatic carbocycles. The number of nitrogens with zero attached hydrogens (tertiary/aromatic N) is 1. The van der Waals surface area contributed by atoms with E-state index < -0.39 is 6.04 Å². The van der Waals surface area contributed by atoms with Gasteiger partial charge in [-0.1, -0.05) is 48.9 Å². The lowest BCUT2D eigenvalue weighted by molar-refractivity contribution is -0.142. The first kappa shape index (κ1) is 24.7. The first-order chi connectivity index (χ1) is 14.7. The van der Waals surface area contributed by atoms with Crippen LogP contribution in [0.2, 0.25) is 5.02 Å². The summed E-state index contributed by atoms with van der Waals surface area (Å²) in [4.78, 5) is 27.8. The number of nitrogens with one attached hydrogen (secondary N) is 1. The molecule has 31 heavy (non-hydrogen) atoms. The van der Waals surface area contributed by atoms with Gasteiger partial charge in [0.15, 0.2) is 0 Å². The Morgan fingerprint density at radius 2 is 1.71 bits per heavy atom. The van der Waals surface area contributed by atoms with Crippen molar-refractivity contribution in [2.24, 2.45) is 0 Å². The summed E-state index contributed by atoms with van der Waals surface area (Å²) in [5.74, 6) is 0.573. The van der Waals surface area contributed by atoms with E-state index in [1.165, 1.54) is 0 Å². The van der Waals surface area contributed by atoms with Crippen LogP contribution in [0.1, 0.15) is 52.5 Å². The lowest BCUT2D eigenvalue weighted by Crippen LogP contribution is -2.53. The topological polar surface area (TPSA) is 58.6 Å². The molecule has 0 aliphatic heterocycles. The molecule has 0 aliphatic rings. The summed E-state index contributed by atoms with van der Waals surface area (Å²) in [5.41, 5.74) is 0.559. The molecule has 2 rings (SSSR count). The van der Waals surface area contributed by atoms with Gasteiger partial charge >= 0.3 is 0 Å². The molecule has 0 aromatic heterocycles. The molecule has 0 spiro atoms. The number of benzene rings is 2. The Balaban J connectivity index is 2.08. The van der Waals surface area contributed by atoms with Gasteiger partial charge in [0.25, 0.3) is 0 Å². The van der Waals surface area contributed by atoms with Gasteiger partial charge in [0, 0.05) is 23.5 Å². The predicted octanol–water partition coefficient (Wildman–Crippen LogP) is 5.22. The molecule has 0 radical (unpaired) electrons. The molecule has 2 amide bonds. The summed E-state index contributed by atoms with van der Waals surface area (Å²) in [6, 6.07) is 16.3. The number of para-hydroxylation sites is 1. The molecule has 2 aromatic rings. The Kier molecular flexibility index (Phi) is 9.38. The van der Waals surface area contributed by atoms with E-state index in [9.17, 15) is 9.59 Å². The van der Waals surface area contributed by atoms with Gasteiger partial charge < -0.3 is 15.0 Å². The molecule has 0 bridgehead atoms. The van der Waals surface area contributed by atoms with Crippen LogP contribution in [0, 0.1) is 0 Å². The van der Waals surface area contributed by atoms with E-state index in [0.717, 1.165) is 11.3 Å². The van der Waals surface area contributed by atoms with Gasteiger partial charge in [-0.2, -0.15) is 0 Å². The molecule has 0 fully saturated rings. The molecule has 0 heterocycles. The van der Waals surface area contributed by atoms with Crippen molar-refractivity contribution in [1.82, 2.24) is 10.2 Å². The monoisotopic (exact) mass is 444 g/mol. The zero-order valence-electron chi connectivity index (χ0n) is 18.9. The minimum absolute atomic E-state index is 0.0671. The second-order valence-electron chi connectivity index (χ2n) is 8.58. The average molecular weight is 445 g/mol. The number of hydrogen-bond donors (Lipinski definition) is 1. The molecular weight excluding hydrogens is 412 g/mol. The van der Waals surface area contributed by atoms with E-state index in [4.69, 9.17) is 16.3 Å². The van der Waals surface area contributed by atoms with Crippen LogP contribution >= 0.6 is 11.6 Å². The van der Waals surface area contributed by atoms with Crippen molar-refractivity contribution >= 4 is 23.4 Å². The van der Waals surface area contributed by atoms with Crippen LogP contribution in [0.25, 0.3) is 0 Å². The second-order valence-corrected chi connectivity index (χ2v) is 9.01. The van der Waals surface area contributed by atoms with Gasteiger partial charge in [-0.25, -0.2) is 0 Å². The molecule has 168 valence electrons. The minimum atomic E-state index is -0.544. The summed E-state index contributed by atoms with van der Waals surface area (Å²) in [7, 11) is 0. The number of halogens is 1. The van der Waals surface area contributed by atoms with Crippen LogP contribution in [0.5, 0.6) is 5.75 Å². The van der Waals surface area contributed by atoms with Crippen LogP contribution in [0.3, 0.4) is 0 Å². The maximum Gasteiger partial charge on any atom is 0.243 e. The molecule has 6 heteroatoms. The highest BCUT2D eigenvalue weighted by Gasteiger charge is 2.30. The highest BCUT2D eigenvalue weighted by molar-refractivity contribution is 6.30. The fraction of sp³-hybridized carbons (Fsp3) is 0.440. The summed E-state index contributed by atoms with van der Waals surface area (Å²) in [6.45, 7) is 8.52. The van der Waals surface area contributed by atoms with Crippen LogP contribution < -0.4 is 10.1 Å². The number of amides is 2. The van der Waals surface area contributed by atoms with Crippen molar-refractivity contribution < 1.29 is 14.3 Å². The zero-order valence-corrected chi connectivity index (χ0v) is 19.6. The van der Waals surface area contributed by atoms with E-state index in [0.29, 0.717) is 37.4 Å². The van der Waals surface area contributed by atoms with E-state index in [2.05, 4.69) is 5.32 Å². The Labute approximate surface area is 190 Å². The van der Waals surface area contributed by atoms with Gasteiger partial charge in [-0.15, -0.1) is 0 Å². The summed E-state index contributed by atoms with van der Waals surface area (Å²) >= 11 is 6.00. The molecule has 0 aliphatic carbocycles. The Morgan fingerprint density at radius 1 is 1.06 bits per heavy atom. The quantitative estimate of drug-likeness (QED) is 0.511. The molecule has 0 saturated carbocycles. The molecule has 0 saturated heterocycles. The molecule has 0 unspecified atom stereocenters. The Morgan fingerprint density at radius 3 is 2.29 bits per heavy atom. The highest BCUT2D eigenvalue weighted by atomic mass is 35.5. The number of ether oxygens (including phenoxy) is 1. The van der Waals surface area contributed by atoms with Crippen molar-refractivity contribution in [3.05, 3.63) is 65.2 Å². The standard InChI is InChI=1S/C25H33ClN2O3/c1-5-22(24(30)27-25(2,3)4)28(18-19-13-15-20(26)16-14-19)23(29)12-9-17-31-21-10-7-6-8-11-21/h6-8,10-11,13-16,22H,5,9,12,17-18H2,1-4H3,(H,27,30)/t22-/m1/s1. The molecule has 1 N–H and O–H groups in total. The van der Waals surface area contributed by atoms with Crippen LogP contribution in [0.4, 0.5) is 0 Å². The smallest absolute Gasteiger partial charge is 0.243 e. The third-order valence-corrected chi connectivity index (χ3v) is 4.95. The molecule has 5 nitrogen and oxygen atoms in total. The minimum Gasteiger partial charge on any atom is -0.494 e. The largest absolute Gasteiger partial charge is 0.494 e. The maximum atomic E-state index is 13.2. The van der Waals surface area contributed by atoms with Gasteiger partial charge in [-0.3, -0.25) is 9.59 Å². The van der Waals surface area contributed by atoms with E-state index in [1.807, 2.05) is 70.2 Å². The summed E-state index contributed by atoms with van der Waals surface area (Å²) in [6.07, 6.45) is 1.41. The molecule has 1 atom stereocenters. The van der Waals surface area contributed by atoms with Crippen LogP contribution in [0.15, 0.2) is 54.6 Å². The fourth-order valence-electron chi connectivity index (χ4n) is 3.23. The zero-order chi connectivity index (χ0) is 22.9. The lowest BCUT2D eigenvalue weighted by Gasteiger charge is -2.33. The third kappa shape index (κ3) is 8.62. The summed E-state index contributed by atoms with van der Waals surface area (Å²) in [5, 5.41) is 3.65. The Bertz CT molecular complexity index is 832. The van der Waals surface area contributed by atoms with Crippen molar-refractivity contribution in [2.75, 3.05) is 6.61 Å². The third-order valence-electron chi connectivity index (χ3n) is 4.70. The number of rotatable bonds is 10. The van der Waals surface area contributed by atoms with E-state index in [-0.39, 0.29) is 17.4 Å². The number of hydrogen-bond acceptors (Lipinski definition) is 3. The van der Waals surface area contributed by atoms with Crippen LogP contribution in [-0.4, -0.2) is 34.9 Å². The van der Waals surface area contributed by atoms with Crippen molar-refractivity contribution in [1.29, 1.82) is 0 Å². The number of carbonyl (C=O) groups is 2.